The van der Waals surface area contributed by atoms with E-state index in [9.17, 15) is 24.5 Å². The highest BCUT2D eigenvalue weighted by atomic mass is 16.6. The van der Waals surface area contributed by atoms with Gasteiger partial charge in [-0.25, -0.2) is 9.69 Å². The first-order valence-electron chi connectivity index (χ1n) is 11.3. The van der Waals surface area contributed by atoms with Gasteiger partial charge in [-0.2, -0.15) is 0 Å². The molecule has 0 bridgehead atoms. The predicted molar refractivity (Wildman–Crippen MR) is 136 cm³/mol. The highest BCUT2D eigenvalue weighted by Gasteiger charge is 2.35. The van der Waals surface area contributed by atoms with Gasteiger partial charge in [0.1, 0.15) is 18.0 Å². The van der Waals surface area contributed by atoms with Crippen molar-refractivity contribution in [3.8, 4) is 11.4 Å². The van der Waals surface area contributed by atoms with Gasteiger partial charge in [0.15, 0.2) is 0 Å². The van der Waals surface area contributed by atoms with Gasteiger partial charge >= 0.3 is 6.03 Å². The predicted octanol–water partition coefficient (Wildman–Crippen LogP) is 3.85. The largest absolute Gasteiger partial charge is 0.494 e. The molecular weight excluding hydrogens is 478 g/mol. The molecule has 11 nitrogen and oxygen atoms in total. The second-order valence-electron chi connectivity index (χ2n) is 8.57. The van der Waals surface area contributed by atoms with Crippen LogP contribution in [0.4, 0.5) is 16.2 Å². The molecule has 4 rings (SSSR count). The molecule has 1 aliphatic heterocycles. The van der Waals surface area contributed by atoms with E-state index in [0.29, 0.717) is 22.7 Å². The molecule has 4 amide bonds. The number of carbonyl (C=O) groups is 3. The lowest BCUT2D eigenvalue weighted by molar-refractivity contribution is -0.384. The molecule has 0 aliphatic carbocycles. The summed E-state index contributed by atoms with van der Waals surface area (Å²) in [6, 6.07) is 12.6. The summed E-state index contributed by atoms with van der Waals surface area (Å²) in [5.41, 5.74) is 4.19. The minimum Gasteiger partial charge on any atom is -0.494 e. The highest BCUT2D eigenvalue weighted by molar-refractivity contribution is 6.16. The van der Waals surface area contributed by atoms with Crippen molar-refractivity contribution in [3.63, 3.8) is 0 Å². The van der Waals surface area contributed by atoms with Crippen LogP contribution >= 0.6 is 0 Å². The Labute approximate surface area is 212 Å². The standard InChI is InChI=1S/C26H25N5O6/c1-15-6-5-7-19(10-15)27-24(32)14-29-25(33)21(28-26(29)34)12-18-11-16(2)30(17(18)3)22-9-8-20(31(35)36)13-23(22)37-4/h5-13H,14H2,1-4H3,(H,27,32)(H,28,34)/b21-12+. The lowest BCUT2D eigenvalue weighted by Gasteiger charge is -2.14. The molecule has 0 atom stereocenters. The number of carbonyl (C=O) groups excluding carboxylic acids is 3. The van der Waals surface area contributed by atoms with Crippen molar-refractivity contribution in [2.24, 2.45) is 0 Å². The minimum atomic E-state index is -0.693. The lowest BCUT2D eigenvalue weighted by Crippen LogP contribution is -2.38. The average molecular weight is 504 g/mol. The van der Waals surface area contributed by atoms with E-state index in [4.69, 9.17) is 4.74 Å². The fourth-order valence-electron chi connectivity index (χ4n) is 4.21. The molecular formula is C26H25N5O6. The maximum absolute atomic E-state index is 12.9. The Kier molecular flexibility index (Phi) is 6.79. The van der Waals surface area contributed by atoms with Crippen molar-refractivity contribution < 1.29 is 24.0 Å². The summed E-state index contributed by atoms with van der Waals surface area (Å²) in [7, 11) is 1.43. The highest BCUT2D eigenvalue weighted by Crippen LogP contribution is 2.32. The van der Waals surface area contributed by atoms with E-state index in [1.165, 1.54) is 25.3 Å². The Morgan fingerprint density at radius 3 is 2.57 bits per heavy atom. The Morgan fingerprint density at radius 2 is 1.89 bits per heavy atom. The lowest BCUT2D eigenvalue weighted by atomic mass is 10.2. The molecule has 1 saturated heterocycles. The van der Waals surface area contributed by atoms with Gasteiger partial charge in [0.05, 0.1) is 23.8 Å². The molecule has 2 N–H and O–H groups in total. The van der Waals surface area contributed by atoms with Gasteiger partial charge in [-0.3, -0.25) is 19.7 Å². The molecule has 37 heavy (non-hydrogen) atoms. The topological polar surface area (TPSA) is 136 Å². The fraction of sp³-hybridized carbons (Fsp3) is 0.192. The number of non-ortho nitro benzene ring substituents is 1. The monoisotopic (exact) mass is 503 g/mol. The maximum atomic E-state index is 12.9. The number of anilines is 1. The number of nitro groups is 1. The SMILES string of the molecule is COc1cc([N+](=O)[O-])ccc1-n1c(C)cc(/C=C2/NC(=O)N(CC(=O)Nc3cccc(C)c3)C2=O)c1C. The van der Waals surface area contributed by atoms with Gasteiger partial charge in [-0.05, 0) is 62.2 Å². The summed E-state index contributed by atoms with van der Waals surface area (Å²) in [6.07, 6.45) is 1.54. The number of methoxy groups -OCH3 is 1. The number of benzene rings is 2. The van der Waals surface area contributed by atoms with E-state index in [-0.39, 0.29) is 11.4 Å². The Hall–Kier alpha value is -4.93. The average Bonchev–Trinajstić information content (AvgIpc) is 3.27. The minimum absolute atomic E-state index is 0.0317. The van der Waals surface area contributed by atoms with Crippen molar-refractivity contribution in [1.29, 1.82) is 0 Å². The number of hydrogen-bond donors (Lipinski definition) is 2. The molecule has 2 heterocycles. The number of nitrogens with one attached hydrogen (secondary N) is 2. The van der Waals surface area contributed by atoms with Crippen LogP contribution in [-0.4, -0.2) is 45.9 Å². The second-order valence-corrected chi connectivity index (χ2v) is 8.57. The van der Waals surface area contributed by atoms with Crippen molar-refractivity contribution >= 4 is 35.3 Å². The van der Waals surface area contributed by atoms with Gasteiger partial charge in [-0.15, -0.1) is 0 Å². The molecule has 1 aromatic heterocycles. The molecule has 0 radical (unpaired) electrons. The fourth-order valence-corrected chi connectivity index (χ4v) is 4.21. The normalized spacial score (nSPS) is 14.2. The van der Waals surface area contributed by atoms with E-state index in [2.05, 4.69) is 10.6 Å². The molecule has 0 saturated carbocycles. The third-order valence-corrected chi connectivity index (χ3v) is 5.95. The number of urea groups is 1. The van der Waals surface area contributed by atoms with Gasteiger partial charge in [0.25, 0.3) is 11.6 Å². The zero-order chi connectivity index (χ0) is 26.9. The zero-order valence-corrected chi connectivity index (χ0v) is 20.7. The number of hydrogen-bond acceptors (Lipinski definition) is 6. The van der Waals surface area contributed by atoms with E-state index < -0.39 is 29.3 Å². The van der Waals surface area contributed by atoms with Crippen LogP contribution in [0, 0.1) is 30.9 Å². The van der Waals surface area contributed by atoms with Crippen LogP contribution in [0.2, 0.25) is 0 Å². The number of aryl methyl sites for hydroxylation is 2. The Morgan fingerprint density at radius 1 is 1.14 bits per heavy atom. The molecule has 2 aromatic carbocycles. The zero-order valence-electron chi connectivity index (χ0n) is 20.7. The first kappa shape index (κ1) is 25.2. The van der Waals surface area contributed by atoms with Crippen LogP contribution in [0.15, 0.2) is 54.2 Å². The first-order valence-corrected chi connectivity index (χ1v) is 11.3. The number of ether oxygens (including phenoxy) is 1. The van der Waals surface area contributed by atoms with E-state index >= 15 is 0 Å². The van der Waals surface area contributed by atoms with Crippen LogP contribution in [-0.2, 0) is 9.59 Å². The van der Waals surface area contributed by atoms with E-state index in [1.807, 2.05) is 37.5 Å². The van der Waals surface area contributed by atoms with Gasteiger partial charge in [0.2, 0.25) is 5.91 Å². The molecule has 3 aromatic rings. The molecule has 1 fully saturated rings. The van der Waals surface area contributed by atoms with Crippen LogP contribution in [0.3, 0.4) is 0 Å². The maximum Gasteiger partial charge on any atom is 0.329 e. The number of nitrogens with zero attached hydrogens (tertiary/aromatic N) is 3. The summed E-state index contributed by atoms with van der Waals surface area (Å²) >= 11 is 0. The Bertz CT molecular complexity index is 1470. The summed E-state index contributed by atoms with van der Waals surface area (Å²) < 4.78 is 7.21. The van der Waals surface area contributed by atoms with Crippen molar-refractivity contribution in [1.82, 2.24) is 14.8 Å². The van der Waals surface area contributed by atoms with Gasteiger partial charge in [-0.1, -0.05) is 12.1 Å². The third-order valence-electron chi connectivity index (χ3n) is 5.95. The number of amides is 4. The van der Waals surface area contributed by atoms with Crippen LogP contribution in [0.1, 0.15) is 22.5 Å². The first-order chi connectivity index (χ1) is 17.6. The summed E-state index contributed by atoms with van der Waals surface area (Å²) in [5.74, 6) is -0.813. The molecule has 0 spiro atoms. The van der Waals surface area contributed by atoms with Crippen molar-refractivity contribution in [2.45, 2.75) is 20.8 Å². The van der Waals surface area contributed by atoms with Crippen LogP contribution in [0.25, 0.3) is 11.8 Å². The Balaban J connectivity index is 1.57. The number of aromatic nitrogens is 1. The molecule has 0 unspecified atom stereocenters. The third kappa shape index (κ3) is 5.06. The van der Waals surface area contributed by atoms with Crippen molar-refractivity contribution in [2.75, 3.05) is 19.0 Å². The van der Waals surface area contributed by atoms with Crippen LogP contribution in [0.5, 0.6) is 5.75 Å². The number of rotatable bonds is 7. The van der Waals surface area contributed by atoms with E-state index in [0.717, 1.165) is 21.9 Å². The molecule has 190 valence electrons. The summed E-state index contributed by atoms with van der Waals surface area (Å²) in [5, 5.41) is 16.4. The summed E-state index contributed by atoms with van der Waals surface area (Å²) in [4.78, 5) is 49.4. The van der Waals surface area contributed by atoms with Gasteiger partial charge < -0.3 is 19.9 Å². The smallest absolute Gasteiger partial charge is 0.329 e. The number of nitro benzene ring substituents is 1. The molecule has 1 aliphatic rings. The van der Waals surface area contributed by atoms with Crippen LogP contribution < -0.4 is 15.4 Å². The second kappa shape index (κ2) is 9.97. The summed E-state index contributed by atoms with van der Waals surface area (Å²) in [6.45, 7) is 5.11. The van der Waals surface area contributed by atoms with E-state index in [1.54, 1.807) is 24.3 Å². The number of imide groups is 1. The van der Waals surface area contributed by atoms with Gasteiger partial charge in [0, 0.05) is 23.1 Å². The molecule has 11 heteroatoms. The van der Waals surface area contributed by atoms with Crippen molar-refractivity contribution in [3.05, 3.63) is 86.9 Å². The quantitative estimate of drug-likeness (QED) is 0.218.